The zero-order chi connectivity index (χ0) is 12.8. The van der Waals surface area contributed by atoms with Gasteiger partial charge in [0, 0.05) is 12.6 Å². The third kappa shape index (κ3) is 3.31. The minimum Gasteiger partial charge on any atom is -0.307 e. The smallest absolute Gasteiger partial charge is 0.0222 e. The second-order valence-corrected chi connectivity index (χ2v) is 4.47. The van der Waals surface area contributed by atoms with Crippen molar-refractivity contribution in [2.24, 2.45) is 0 Å². The second-order valence-electron chi connectivity index (χ2n) is 4.47. The summed E-state index contributed by atoms with van der Waals surface area (Å²) < 4.78 is 0. The van der Waals surface area contributed by atoms with Crippen LogP contribution in [-0.4, -0.2) is 6.04 Å². The van der Waals surface area contributed by atoms with E-state index in [0.29, 0.717) is 6.04 Å². The van der Waals surface area contributed by atoms with Crippen LogP contribution in [-0.2, 0) is 6.54 Å². The predicted molar refractivity (Wildman–Crippen MR) is 78.4 cm³/mol. The van der Waals surface area contributed by atoms with Gasteiger partial charge in [-0.05, 0) is 23.6 Å². The Balaban J connectivity index is 2.04. The zero-order valence-electron chi connectivity index (χ0n) is 10.8. The minimum atomic E-state index is 0.346. The fourth-order valence-corrected chi connectivity index (χ4v) is 1.81. The van der Waals surface area contributed by atoms with Crippen LogP contribution in [0.15, 0.2) is 67.3 Å². The van der Waals surface area contributed by atoms with E-state index in [1.807, 2.05) is 12.1 Å². The van der Waals surface area contributed by atoms with Crippen LogP contribution in [0.4, 0.5) is 0 Å². The van der Waals surface area contributed by atoms with Gasteiger partial charge in [0.25, 0.3) is 0 Å². The first-order chi connectivity index (χ1) is 8.79. The molecule has 92 valence electrons. The molecule has 0 spiro atoms. The van der Waals surface area contributed by atoms with Crippen LogP contribution in [0.2, 0.25) is 0 Å². The van der Waals surface area contributed by atoms with Crippen molar-refractivity contribution in [3.8, 4) is 11.1 Å². The van der Waals surface area contributed by atoms with Crippen molar-refractivity contribution in [2.45, 2.75) is 19.5 Å². The van der Waals surface area contributed by atoms with Crippen LogP contribution >= 0.6 is 0 Å². The summed E-state index contributed by atoms with van der Waals surface area (Å²) >= 11 is 0. The Morgan fingerprint density at radius 3 is 2.22 bits per heavy atom. The fourth-order valence-electron chi connectivity index (χ4n) is 1.81. The average Bonchev–Trinajstić information content (AvgIpc) is 2.46. The number of nitrogens with one attached hydrogen (secondary N) is 1. The van der Waals surface area contributed by atoms with Gasteiger partial charge < -0.3 is 5.32 Å². The second kappa shape index (κ2) is 6.18. The first-order valence-corrected chi connectivity index (χ1v) is 6.30. The van der Waals surface area contributed by atoms with E-state index in [4.69, 9.17) is 0 Å². The highest BCUT2D eigenvalue weighted by Crippen LogP contribution is 2.19. The van der Waals surface area contributed by atoms with Gasteiger partial charge in [0.05, 0.1) is 0 Å². The molecular weight excluding hydrogens is 218 g/mol. The van der Waals surface area contributed by atoms with Crippen molar-refractivity contribution in [2.75, 3.05) is 0 Å². The molecule has 0 bridgehead atoms. The molecule has 0 aromatic heterocycles. The lowest BCUT2D eigenvalue weighted by Crippen LogP contribution is -2.22. The summed E-state index contributed by atoms with van der Waals surface area (Å²) in [6.45, 7) is 6.74. The summed E-state index contributed by atoms with van der Waals surface area (Å²) in [6.07, 6.45) is 1.92. The summed E-state index contributed by atoms with van der Waals surface area (Å²) in [5, 5.41) is 3.39. The summed E-state index contributed by atoms with van der Waals surface area (Å²) in [7, 11) is 0. The van der Waals surface area contributed by atoms with Crippen LogP contribution in [0.5, 0.6) is 0 Å². The molecule has 0 aliphatic carbocycles. The molecule has 1 N–H and O–H groups in total. The third-order valence-corrected chi connectivity index (χ3v) is 3.04. The number of hydrogen-bond acceptors (Lipinski definition) is 1. The van der Waals surface area contributed by atoms with Crippen molar-refractivity contribution in [1.82, 2.24) is 5.32 Å². The number of hydrogen-bond donors (Lipinski definition) is 1. The Hall–Kier alpha value is -1.86. The van der Waals surface area contributed by atoms with E-state index in [9.17, 15) is 0 Å². The summed E-state index contributed by atoms with van der Waals surface area (Å²) in [6, 6.07) is 19.5. The van der Waals surface area contributed by atoms with E-state index in [0.717, 1.165) is 6.54 Å². The fraction of sp³-hybridized carbons (Fsp3) is 0.176. The lowest BCUT2D eigenvalue weighted by molar-refractivity contribution is 0.634. The third-order valence-electron chi connectivity index (χ3n) is 3.04. The molecule has 0 aliphatic rings. The predicted octanol–water partition coefficient (Wildman–Crippen LogP) is 4.02. The van der Waals surface area contributed by atoms with Gasteiger partial charge >= 0.3 is 0 Å². The SMILES string of the molecule is C=CC(C)NCc1ccc(-c2ccccc2)cc1. The quantitative estimate of drug-likeness (QED) is 0.774. The maximum Gasteiger partial charge on any atom is 0.0222 e. The maximum absolute atomic E-state index is 3.76. The Morgan fingerprint density at radius 1 is 1.00 bits per heavy atom. The van der Waals surface area contributed by atoms with E-state index in [2.05, 4.69) is 67.4 Å². The van der Waals surface area contributed by atoms with Crippen molar-refractivity contribution in [1.29, 1.82) is 0 Å². The molecule has 2 aromatic rings. The van der Waals surface area contributed by atoms with Gasteiger partial charge in [-0.25, -0.2) is 0 Å². The summed E-state index contributed by atoms with van der Waals surface area (Å²) in [4.78, 5) is 0. The van der Waals surface area contributed by atoms with Crippen LogP contribution in [0.25, 0.3) is 11.1 Å². The topological polar surface area (TPSA) is 12.0 Å². The molecular formula is C17H19N. The molecule has 0 heterocycles. The number of benzene rings is 2. The van der Waals surface area contributed by atoms with Crippen molar-refractivity contribution in [3.05, 3.63) is 72.8 Å². The Labute approximate surface area is 109 Å². The highest BCUT2D eigenvalue weighted by molar-refractivity contribution is 5.63. The van der Waals surface area contributed by atoms with Crippen LogP contribution < -0.4 is 5.32 Å². The molecule has 1 heteroatoms. The first kappa shape index (κ1) is 12.6. The Bertz CT molecular complexity index is 485. The van der Waals surface area contributed by atoms with E-state index >= 15 is 0 Å². The van der Waals surface area contributed by atoms with Gasteiger partial charge in [0.2, 0.25) is 0 Å². The molecule has 1 nitrogen and oxygen atoms in total. The lowest BCUT2D eigenvalue weighted by Gasteiger charge is -2.09. The molecule has 1 atom stereocenters. The van der Waals surface area contributed by atoms with Crippen LogP contribution in [0.3, 0.4) is 0 Å². The lowest BCUT2D eigenvalue weighted by atomic mass is 10.0. The maximum atomic E-state index is 3.76. The van der Waals surface area contributed by atoms with Gasteiger partial charge in [-0.1, -0.05) is 60.7 Å². The molecule has 1 unspecified atom stereocenters. The summed E-state index contributed by atoms with van der Waals surface area (Å²) in [5.74, 6) is 0. The van der Waals surface area contributed by atoms with E-state index in [-0.39, 0.29) is 0 Å². The highest BCUT2D eigenvalue weighted by Gasteiger charge is 1.98. The van der Waals surface area contributed by atoms with Gasteiger partial charge in [0.15, 0.2) is 0 Å². The van der Waals surface area contributed by atoms with E-state index in [1.54, 1.807) is 0 Å². The molecule has 0 amide bonds. The summed E-state index contributed by atoms with van der Waals surface area (Å²) in [5.41, 5.74) is 3.82. The van der Waals surface area contributed by atoms with Crippen molar-refractivity contribution in [3.63, 3.8) is 0 Å². The molecule has 0 fully saturated rings. The molecule has 2 rings (SSSR count). The van der Waals surface area contributed by atoms with Gasteiger partial charge in [-0.3, -0.25) is 0 Å². The van der Waals surface area contributed by atoms with Gasteiger partial charge in [-0.2, -0.15) is 0 Å². The minimum absolute atomic E-state index is 0.346. The molecule has 0 aliphatic heterocycles. The Morgan fingerprint density at radius 2 is 1.61 bits per heavy atom. The number of rotatable bonds is 5. The monoisotopic (exact) mass is 237 g/mol. The normalized spacial score (nSPS) is 12.1. The highest BCUT2D eigenvalue weighted by atomic mass is 14.9. The molecule has 0 radical (unpaired) electrons. The van der Waals surface area contributed by atoms with E-state index in [1.165, 1.54) is 16.7 Å². The standard InChI is InChI=1S/C17H19N/c1-3-14(2)18-13-15-9-11-17(12-10-15)16-7-5-4-6-8-16/h3-12,14,18H,1,13H2,2H3. The average molecular weight is 237 g/mol. The Kier molecular flexibility index (Phi) is 4.32. The zero-order valence-corrected chi connectivity index (χ0v) is 10.8. The van der Waals surface area contributed by atoms with Crippen molar-refractivity contribution < 1.29 is 0 Å². The largest absolute Gasteiger partial charge is 0.307 e. The van der Waals surface area contributed by atoms with Crippen molar-refractivity contribution >= 4 is 0 Å². The van der Waals surface area contributed by atoms with Gasteiger partial charge in [0.1, 0.15) is 0 Å². The van der Waals surface area contributed by atoms with Crippen LogP contribution in [0, 0.1) is 0 Å². The first-order valence-electron chi connectivity index (χ1n) is 6.30. The van der Waals surface area contributed by atoms with Gasteiger partial charge in [-0.15, -0.1) is 6.58 Å². The molecule has 2 aromatic carbocycles. The van der Waals surface area contributed by atoms with Crippen LogP contribution in [0.1, 0.15) is 12.5 Å². The van der Waals surface area contributed by atoms with E-state index < -0.39 is 0 Å². The molecule has 18 heavy (non-hydrogen) atoms. The molecule has 0 saturated carbocycles. The molecule has 0 saturated heterocycles.